The number of nitrogens with one attached hydrogen (secondary N) is 1. The Balaban J connectivity index is 3.03. The van der Waals surface area contributed by atoms with Crippen molar-refractivity contribution in [3.05, 3.63) is 17.0 Å². The van der Waals surface area contributed by atoms with Crippen LogP contribution in [0.3, 0.4) is 0 Å². The van der Waals surface area contributed by atoms with E-state index in [0.29, 0.717) is 6.04 Å². The average Bonchev–Trinajstić information content (AvgIpc) is 2.86. The molecular formula is C17H33N3O. The first-order valence-corrected chi connectivity index (χ1v) is 8.54. The minimum Gasteiger partial charge on any atom is -0.385 e. The molecule has 1 atom stereocenters. The third-order valence-corrected chi connectivity index (χ3v) is 3.96. The Labute approximate surface area is 130 Å². The minimum atomic E-state index is 0.436. The number of hydrogen-bond donors (Lipinski definition) is 1. The number of nitrogens with zero attached hydrogens (tertiary/aromatic N) is 2. The first-order chi connectivity index (χ1) is 10.2. The van der Waals surface area contributed by atoms with Crippen molar-refractivity contribution in [1.82, 2.24) is 15.1 Å². The maximum absolute atomic E-state index is 5.17. The Kier molecular flexibility index (Phi) is 8.62. The molecule has 1 aromatic heterocycles. The van der Waals surface area contributed by atoms with Crippen molar-refractivity contribution in [2.45, 2.75) is 72.4 Å². The summed E-state index contributed by atoms with van der Waals surface area (Å²) in [4.78, 5) is 0. The molecule has 21 heavy (non-hydrogen) atoms. The molecule has 0 saturated carbocycles. The highest BCUT2D eigenvalue weighted by molar-refractivity contribution is 5.30. The summed E-state index contributed by atoms with van der Waals surface area (Å²) >= 11 is 0. The van der Waals surface area contributed by atoms with Crippen LogP contribution in [0.2, 0.25) is 0 Å². The first kappa shape index (κ1) is 18.2. The van der Waals surface area contributed by atoms with E-state index in [4.69, 9.17) is 9.84 Å². The number of rotatable bonds is 11. The first-order valence-electron chi connectivity index (χ1n) is 8.54. The zero-order valence-corrected chi connectivity index (χ0v) is 14.5. The van der Waals surface area contributed by atoms with Gasteiger partial charge in [0.25, 0.3) is 0 Å². The summed E-state index contributed by atoms with van der Waals surface area (Å²) in [5.74, 6) is 0. The Morgan fingerprint density at radius 2 is 1.95 bits per heavy atom. The second-order valence-corrected chi connectivity index (χ2v) is 5.50. The molecule has 0 fully saturated rings. The van der Waals surface area contributed by atoms with Gasteiger partial charge in [-0.05, 0) is 38.6 Å². The van der Waals surface area contributed by atoms with Crippen LogP contribution in [0.1, 0.15) is 70.0 Å². The van der Waals surface area contributed by atoms with Crippen LogP contribution in [0.15, 0.2) is 0 Å². The second-order valence-electron chi connectivity index (χ2n) is 5.50. The van der Waals surface area contributed by atoms with Crippen molar-refractivity contribution in [3.63, 3.8) is 0 Å². The summed E-state index contributed by atoms with van der Waals surface area (Å²) in [5, 5.41) is 8.56. The highest BCUT2D eigenvalue weighted by Gasteiger charge is 2.21. The van der Waals surface area contributed by atoms with Crippen LogP contribution in [0.4, 0.5) is 0 Å². The number of methoxy groups -OCH3 is 1. The molecule has 0 amide bonds. The molecule has 1 aromatic rings. The summed E-state index contributed by atoms with van der Waals surface area (Å²) in [6, 6.07) is 0.436. The number of aryl methyl sites for hydroxylation is 2. The maximum Gasteiger partial charge on any atom is 0.0672 e. The summed E-state index contributed by atoms with van der Waals surface area (Å²) < 4.78 is 7.38. The topological polar surface area (TPSA) is 39.1 Å². The molecule has 0 bridgehead atoms. The molecule has 0 aliphatic heterocycles. The molecule has 122 valence electrons. The lowest BCUT2D eigenvalue weighted by molar-refractivity contribution is 0.188. The van der Waals surface area contributed by atoms with Gasteiger partial charge < -0.3 is 10.1 Å². The van der Waals surface area contributed by atoms with Crippen LogP contribution < -0.4 is 5.32 Å². The van der Waals surface area contributed by atoms with Gasteiger partial charge in [0, 0.05) is 37.6 Å². The van der Waals surface area contributed by atoms with Crippen molar-refractivity contribution in [2.24, 2.45) is 0 Å². The van der Waals surface area contributed by atoms with E-state index in [1.807, 2.05) is 0 Å². The van der Waals surface area contributed by atoms with E-state index in [-0.39, 0.29) is 0 Å². The van der Waals surface area contributed by atoms with Crippen LogP contribution in [0, 0.1) is 0 Å². The van der Waals surface area contributed by atoms with Gasteiger partial charge in [0.15, 0.2) is 0 Å². The van der Waals surface area contributed by atoms with Crippen molar-refractivity contribution in [2.75, 3.05) is 20.3 Å². The molecule has 1 unspecified atom stereocenters. The summed E-state index contributed by atoms with van der Waals surface area (Å²) in [6.45, 7) is 11.7. The quantitative estimate of drug-likeness (QED) is 0.635. The van der Waals surface area contributed by atoms with Gasteiger partial charge in [-0.1, -0.05) is 27.7 Å². The second kappa shape index (κ2) is 9.96. The molecule has 0 aliphatic carbocycles. The van der Waals surface area contributed by atoms with Gasteiger partial charge in [-0.25, -0.2) is 0 Å². The molecular weight excluding hydrogens is 262 g/mol. The lowest BCUT2D eigenvalue weighted by Gasteiger charge is -2.19. The molecule has 1 heterocycles. The maximum atomic E-state index is 5.17. The summed E-state index contributed by atoms with van der Waals surface area (Å²) in [7, 11) is 1.76. The lowest BCUT2D eigenvalue weighted by atomic mass is 9.99. The highest BCUT2D eigenvalue weighted by atomic mass is 16.5. The van der Waals surface area contributed by atoms with Gasteiger partial charge in [-0.3, -0.25) is 4.68 Å². The van der Waals surface area contributed by atoms with E-state index < -0.39 is 0 Å². The van der Waals surface area contributed by atoms with Crippen molar-refractivity contribution < 1.29 is 4.74 Å². The molecule has 0 aromatic carbocycles. The number of ether oxygens (including phenoxy) is 1. The largest absolute Gasteiger partial charge is 0.385 e. The van der Waals surface area contributed by atoms with Gasteiger partial charge in [-0.15, -0.1) is 0 Å². The number of hydrogen-bond acceptors (Lipinski definition) is 3. The van der Waals surface area contributed by atoms with Crippen LogP contribution in [-0.4, -0.2) is 30.0 Å². The average molecular weight is 295 g/mol. The fourth-order valence-corrected chi connectivity index (χ4v) is 2.91. The Morgan fingerprint density at radius 1 is 1.19 bits per heavy atom. The van der Waals surface area contributed by atoms with Crippen LogP contribution in [0.5, 0.6) is 0 Å². The Hall–Kier alpha value is -0.870. The highest BCUT2D eigenvalue weighted by Crippen LogP contribution is 2.26. The van der Waals surface area contributed by atoms with E-state index in [0.717, 1.165) is 45.4 Å². The predicted molar refractivity (Wildman–Crippen MR) is 88.8 cm³/mol. The van der Waals surface area contributed by atoms with Gasteiger partial charge in [-0.2, -0.15) is 5.10 Å². The standard InChI is InChI=1S/C17H33N3O/c1-6-11-18-14(7-2)17-15(8-3)19-20(16(17)9-4)12-10-13-21-5/h14,18H,6-13H2,1-5H3. The molecule has 0 aliphatic rings. The molecule has 0 spiro atoms. The van der Waals surface area contributed by atoms with Gasteiger partial charge in [0.2, 0.25) is 0 Å². The molecule has 1 N–H and O–H groups in total. The van der Waals surface area contributed by atoms with E-state index in [1.165, 1.54) is 23.4 Å². The lowest BCUT2D eigenvalue weighted by Crippen LogP contribution is -2.23. The summed E-state index contributed by atoms with van der Waals surface area (Å²) in [5.41, 5.74) is 4.12. The third kappa shape index (κ3) is 4.82. The third-order valence-electron chi connectivity index (χ3n) is 3.96. The Bertz CT molecular complexity index is 401. The fourth-order valence-electron chi connectivity index (χ4n) is 2.91. The molecule has 0 saturated heterocycles. The van der Waals surface area contributed by atoms with Crippen molar-refractivity contribution >= 4 is 0 Å². The van der Waals surface area contributed by atoms with Gasteiger partial charge in [0.05, 0.1) is 5.69 Å². The van der Waals surface area contributed by atoms with Crippen LogP contribution in [-0.2, 0) is 24.1 Å². The zero-order valence-electron chi connectivity index (χ0n) is 14.5. The van der Waals surface area contributed by atoms with E-state index >= 15 is 0 Å². The molecule has 4 nitrogen and oxygen atoms in total. The van der Waals surface area contributed by atoms with Crippen molar-refractivity contribution in [1.29, 1.82) is 0 Å². The molecule has 0 radical (unpaired) electrons. The zero-order chi connectivity index (χ0) is 15.7. The smallest absolute Gasteiger partial charge is 0.0672 e. The van der Waals surface area contributed by atoms with E-state index in [2.05, 4.69) is 37.7 Å². The normalized spacial score (nSPS) is 12.8. The van der Waals surface area contributed by atoms with E-state index in [1.54, 1.807) is 7.11 Å². The van der Waals surface area contributed by atoms with Crippen molar-refractivity contribution in [3.8, 4) is 0 Å². The monoisotopic (exact) mass is 295 g/mol. The number of aromatic nitrogens is 2. The van der Waals surface area contributed by atoms with E-state index in [9.17, 15) is 0 Å². The van der Waals surface area contributed by atoms with Crippen LogP contribution >= 0.6 is 0 Å². The SMILES string of the molecule is CCCNC(CC)c1c(CC)nn(CCCOC)c1CC. The van der Waals surface area contributed by atoms with Gasteiger partial charge in [0.1, 0.15) is 0 Å². The Morgan fingerprint density at radius 3 is 2.48 bits per heavy atom. The minimum absolute atomic E-state index is 0.436. The summed E-state index contributed by atoms with van der Waals surface area (Å²) in [6.07, 6.45) is 5.35. The predicted octanol–water partition coefficient (Wildman–Crippen LogP) is 3.50. The van der Waals surface area contributed by atoms with Crippen LogP contribution in [0.25, 0.3) is 0 Å². The molecule has 1 rings (SSSR count). The molecule has 4 heteroatoms. The fraction of sp³-hybridized carbons (Fsp3) is 0.824. The van der Waals surface area contributed by atoms with Gasteiger partial charge >= 0.3 is 0 Å².